The zero-order valence-corrected chi connectivity index (χ0v) is 17.0. The third kappa shape index (κ3) is 4.59. The Labute approximate surface area is 172 Å². The van der Waals surface area contributed by atoms with Gasteiger partial charge in [0.05, 0.1) is 42.5 Å². The van der Waals surface area contributed by atoms with E-state index < -0.39 is 52.8 Å². The van der Waals surface area contributed by atoms with Crippen molar-refractivity contribution in [1.82, 2.24) is 4.90 Å². The number of ether oxygens (including phenoxy) is 2. The number of ketones is 1. The number of hydrogen-bond acceptors (Lipinski definition) is 5. The number of alkyl halides is 3. The molecule has 2 unspecified atom stereocenters. The molecule has 0 aromatic heterocycles. The van der Waals surface area contributed by atoms with Crippen LogP contribution in [0.4, 0.5) is 18.0 Å². The van der Waals surface area contributed by atoms with E-state index in [1.807, 2.05) is 0 Å². The number of nitriles is 1. The van der Waals surface area contributed by atoms with Crippen LogP contribution in [0.25, 0.3) is 0 Å². The lowest BCUT2D eigenvalue weighted by molar-refractivity contribution is -0.138. The fourth-order valence-electron chi connectivity index (χ4n) is 4.03. The van der Waals surface area contributed by atoms with Crippen molar-refractivity contribution in [2.45, 2.75) is 57.5 Å². The maximum Gasteiger partial charge on any atom is 0.417 e. The minimum atomic E-state index is -4.76. The lowest BCUT2D eigenvalue weighted by Gasteiger charge is -2.47. The molecule has 6 nitrogen and oxygen atoms in total. The standard InChI is InChI=1S/C21H23F3N2O4/c1-20(2,3)30-19(28)26-14-7-13(8-15(26)11-29-10-14)18(27)16-5-4-12(9-25)6-17(16)21(22,23)24/h4-6,13-15H,7-8,10-11H2,1-3H3. The number of Topliss-reactive ketones (excluding diaryl/α,β-unsaturated/α-hetero) is 1. The second-order valence-electron chi connectivity index (χ2n) is 8.64. The van der Waals surface area contributed by atoms with Crippen molar-refractivity contribution in [2.24, 2.45) is 5.92 Å². The monoisotopic (exact) mass is 424 g/mol. The maximum atomic E-state index is 13.5. The molecule has 162 valence electrons. The van der Waals surface area contributed by atoms with Crippen LogP contribution in [-0.2, 0) is 15.7 Å². The number of hydrogen-bond donors (Lipinski definition) is 0. The summed E-state index contributed by atoms with van der Waals surface area (Å²) < 4.78 is 51.5. The molecule has 1 aromatic rings. The average molecular weight is 424 g/mol. The Morgan fingerprint density at radius 3 is 2.27 bits per heavy atom. The lowest BCUT2D eigenvalue weighted by Crippen LogP contribution is -2.60. The van der Waals surface area contributed by atoms with Crippen LogP contribution >= 0.6 is 0 Å². The highest BCUT2D eigenvalue weighted by molar-refractivity contribution is 5.99. The smallest absolute Gasteiger partial charge is 0.417 e. The van der Waals surface area contributed by atoms with E-state index in [9.17, 15) is 22.8 Å². The topological polar surface area (TPSA) is 79.6 Å². The Kier molecular flexibility index (Phi) is 5.83. The first kappa shape index (κ1) is 22.1. The van der Waals surface area contributed by atoms with Gasteiger partial charge in [-0.15, -0.1) is 0 Å². The predicted octanol–water partition coefficient (Wildman–Crippen LogP) is 4.17. The summed E-state index contributed by atoms with van der Waals surface area (Å²) in [7, 11) is 0. The predicted molar refractivity (Wildman–Crippen MR) is 99.7 cm³/mol. The van der Waals surface area contributed by atoms with Crippen molar-refractivity contribution < 1.29 is 32.2 Å². The minimum Gasteiger partial charge on any atom is -0.444 e. The third-order valence-corrected chi connectivity index (χ3v) is 5.22. The van der Waals surface area contributed by atoms with Crippen LogP contribution in [-0.4, -0.2) is 47.7 Å². The lowest BCUT2D eigenvalue weighted by atomic mass is 9.80. The van der Waals surface area contributed by atoms with Crippen molar-refractivity contribution in [3.8, 4) is 6.07 Å². The Hall–Kier alpha value is -2.60. The molecule has 2 bridgehead atoms. The Morgan fingerprint density at radius 1 is 1.17 bits per heavy atom. The van der Waals surface area contributed by atoms with Crippen LogP contribution in [0.2, 0.25) is 0 Å². The number of amides is 1. The second kappa shape index (κ2) is 7.91. The summed E-state index contributed by atoms with van der Waals surface area (Å²) >= 11 is 0. The summed E-state index contributed by atoms with van der Waals surface area (Å²) in [6.07, 6.45) is -4.90. The van der Waals surface area contributed by atoms with E-state index >= 15 is 0 Å². The Balaban J connectivity index is 1.85. The highest BCUT2D eigenvalue weighted by Crippen LogP contribution is 2.38. The molecule has 9 heteroatoms. The summed E-state index contributed by atoms with van der Waals surface area (Å²) in [5.74, 6) is -1.32. The summed E-state index contributed by atoms with van der Waals surface area (Å²) in [6, 6.07) is 3.75. The molecule has 1 aromatic carbocycles. The van der Waals surface area contributed by atoms with Gasteiger partial charge < -0.3 is 9.47 Å². The Bertz CT molecular complexity index is 872. The molecule has 0 N–H and O–H groups in total. The summed E-state index contributed by atoms with van der Waals surface area (Å²) in [5, 5.41) is 8.91. The average Bonchev–Trinajstić information content (AvgIpc) is 2.63. The van der Waals surface area contributed by atoms with E-state index in [0.29, 0.717) is 6.07 Å². The molecule has 1 amide bonds. The van der Waals surface area contributed by atoms with Gasteiger partial charge >= 0.3 is 12.3 Å². The number of benzene rings is 1. The van der Waals surface area contributed by atoms with Crippen molar-refractivity contribution in [1.29, 1.82) is 5.26 Å². The number of carbonyl (C=O) groups excluding carboxylic acids is 2. The quantitative estimate of drug-likeness (QED) is 0.666. The van der Waals surface area contributed by atoms with Crippen LogP contribution in [0.5, 0.6) is 0 Å². The largest absolute Gasteiger partial charge is 0.444 e. The molecular formula is C21H23F3N2O4. The van der Waals surface area contributed by atoms with E-state index in [0.717, 1.165) is 6.07 Å². The van der Waals surface area contributed by atoms with Gasteiger partial charge in [-0.3, -0.25) is 9.69 Å². The fraction of sp³-hybridized carbons (Fsp3) is 0.571. The number of nitrogens with zero attached hydrogens (tertiary/aromatic N) is 2. The zero-order chi connectivity index (χ0) is 22.3. The van der Waals surface area contributed by atoms with E-state index in [4.69, 9.17) is 14.7 Å². The first-order valence-electron chi connectivity index (χ1n) is 9.65. The molecule has 0 radical (unpaired) electrons. The van der Waals surface area contributed by atoms with Gasteiger partial charge in [-0.05, 0) is 51.8 Å². The number of piperidine rings is 1. The SMILES string of the molecule is CC(C)(C)OC(=O)N1C2COCC1CC(C(=O)c1ccc(C#N)cc1C(F)(F)F)C2. The maximum absolute atomic E-state index is 13.5. The molecule has 2 atom stereocenters. The number of morpholine rings is 1. The van der Waals surface area contributed by atoms with Crippen molar-refractivity contribution in [3.63, 3.8) is 0 Å². The van der Waals surface area contributed by atoms with Crippen LogP contribution in [0.15, 0.2) is 18.2 Å². The van der Waals surface area contributed by atoms with Crippen molar-refractivity contribution in [2.75, 3.05) is 13.2 Å². The van der Waals surface area contributed by atoms with Gasteiger partial charge in [0.15, 0.2) is 5.78 Å². The highest BCUT2D eigenvalue weighted by Gasteiger charge is 2.46. The van der Waals surface area contributed by atoms with Gasteiger partial charge in [0.1, 0.15) is 5.60 Å². The molecule has 3 rings (SSSR count). The molecule has 2 aliphatic rings. The molecule has 2 aliphatic heterocycles. The van der Waals surface area contributed by atoms with Gasteiger partial charge in [-0.2, -0.15) is 18.4 Å². The molecule has 30 heavy (non-hydrogen) atoms. The molecule has 2 saturated heterocycles. The first-order chi connectivity index (χ1) is 13.9. The minimum absolute atomic E-state index is 0.163. The summed E-state index contributed by atoms with van der Waals surface area (Å²) in [5.41, 5.74) is -2.41. The Morgan fingerprint density at radius 2 is 1.77 bits per heavy atom. The van der Waals surface area contributed by atoms with Crippen LogP contribution in [0.3, 0.4) is 0 Å². The summed E-state index contributed by atoms with van der Waals surface area (Å²) in [6.45, 7) is 5.63. The van der Waals surface area contributed by atoms with E-state index in [2.05, 4.69) is 0 Å². The fourth-order valence-corrected chi connectivity index (χ4v) is 4.03. The summed E-state index contributed by atoms with van der Waals surface area (Å²) in [4.78, 5) is 27.2. The van der Waals surface area contributed by atoms with E-state index in [1.54, 1.807) is 31.7 Å². The number of fused-ring (bicyclic) bond motifs is 2. The highest BCUT2D eigenvalue weighted by atomic mass is 19.4. The molecule has 2 fully saturated rings. The molecular weight excluding hydrogens is 401 g/mol. The second-order valence-corrected chi connectivity index (χ2v) is 8.64. The van der Waals surface area contributed by atoms with Crippen LogP contribution in [0, 0.1) is 17.2 Å². The van der Waals surface area contributed by atoms with Crippen molar-refractivity contribution in [3.05, 3.63) is 34.9 Å². The molecule has 0 aliphatic carbocycles. The van der Waals surface area contributed by atoms with Gasteiger partial charge in [-0.1, -0.05) is 0 Å². The van der Waals surface area contributed by atoms with Crippen LogP contribution < -0.4 is 0 Å². The van der Waals surface area contributed by atoms with Crippen molar-refractivity contribution >= 4 is 11.9 Å². The molecule has 2 heterocycles. The zero-order valence-electron chi connectivity index (χ0n) is 17.0. The first-order valence-corrected chi connectivity index (χ1v) is 9.65. The van der Waals surface area contributed by atoms with E-state index in [1.165, 1.54) is 6.07 Å². The van der Waals surface area contributed by atoms with E-state index in [-0.39, 0.29) is 31.6 Å². The molecule has 0 saturated carbocycles. The van der Waals surface area contributed by atoms with Gasteiger partial charge in [0.2, 0.25) is 0 Å². The third-order valence-electron chi connectivity index (χ3n) is 5.22. The van der Waals surface area contributed by atoms with Crippen LogP contribution in [0.1, 0.15) is 55.1 Å². The number of carbonyl (C=O) groups is 2. The normalized spacial score (nSPS) is 24.2. The van der Waals surface area contributed by atoms with Gasteiger partial charge in [0.25, 0.3) is 0 Å². The van der Waals surface area contributed by atoms with Gasteiger partial charge in [-0.25, -0.2) is 4.79 Å². The van der Waals surface area contributed by atoms with Gasteiger partial charge in [0, 0.05) is 11.5 Å². The number of halogens is 3. The molecule has 0 spiro atoms. The number of rotatable bonds is 2.